The Balaban J connectivity index is 0.00000220. The summed E-state index contributed by atoms with van der Waals surface area (Å²) in [4.78, 5) is 11.7. The number of nitrogens with zero attached hydrogens (tertiary/aromatic N) is 1. The van der Waals surface area contributed by atoms with Crippen LogP contribution in [0, 0.1) is 0 Å². The average Bonchev–Trinajstić information content (AvgIpc) is 2.37. The lowest BCUT2D eigenvalue weighted by Gasteiger charge is -2.34. The van der Waals surface area contributed by atoms with E-state index in [0.29, 0.717) is 18.7 Å². The number of likely N-dealkylation sites (N-methyl/N-ethyl adjacent to an activating group) is 1. The fourth-order valence-corrected chi connectivity index (χ4v) is 3.22. The number of rotatable bonds is 5. The van der Waals surface area contributed by atoms with Crippen LogP contribution < -0.4 is 5.32 Å². The molecule has 0 atom stereocenters. The lowest BCUT2D eigenvalue weighted by molar-refractivity contribution is 0.0526. The second-order valence-corrected chi connectivity index (χ2v) is 6.58. The molecular formula is C13H19ClN2O4S. The van der Waals surface area contributed by atoms with E-state index in [-0.39, 0.29) is 30.0 Å². The summed E-state index contributed by atoms with van der Waals surface area (Å²) in [5.74, 6) is -0.451. The molecule has 21 heavy (non-hydrogen) atoms. The molecule has 6 nitrogen and oxygen atoms in total. The van der Waals surface area contributed by atoms with Crippen molar-refractivity contribution < 1.29 is 17.9 Å². The van der Waals surface area contributed by atoms with Gasteiger partial charge < -0.3 is 10.1 Å². The third-order valence-corrected chi connectivity index (χ3v) is 5.24. The van der Waals surface area contributed by atoms with Gasteiger partial charge in [-0.1, -0.05) is 0 Å². The molecule has 0 spiro atoms. The smallest absolute Gasteiger partial charge is 0.338 e. The van der Waals surface area contributed by atoms with Crippen molar-refractivity contribution in [1.82, 2.24) is 9.62 Å². The molecule has 0 bridgehead atoms. The van der Waals surface area contributed by atoms with Gasteiger partial charge in [-0.15, -0.1) is 12.4 Å². The molecule has 1 saturated heterocycles. The van der Waals surface area contributed by atoms with Gasteiger partial charge in [0, 0.05) is 26.2 Å². The zero-order valence-corrected chi connectivity index (χ0v) is 13.5. The Morgan fingerprint density at radius 1 is 1.33 bits per heavy atom. The van der Waals surface area contributed by atoms with Crippen molar-refractivity contribution >= 4 is 28.4 Å². The van der Waals surface area contributed by atoms with Gasteiger partial charge in [-0.05, 0) is 31.2 Å². The zero-order chi connectivity index (χ0) is 14.8. The van der Waals surface area contributed by atoms with Crippen LogP contribution in [0.15, 0.2) is 29.2 Å². The Bertz CT molecular complexity index is 585. The Kier molecular flexibility index (Phi) is 6.15. The van der Waals surface area contributed by atoms with Crippen molar-refractivity contribution in [1.29, 1.82) is 0 Å². The first-order valence-corrected chi connectivity index (χ1v) is 7.86. The molecule has 2 rings (SSSR count). The van der Waals surface area contributed by atoms with Gasteiger partial charge in [0.25, 0.3) is 0 Å². The van der Waals surface area contributed by atoms with Crippen molar-refractivity contribution in [2.75, 3.05) is 26.7 Å². The van der Waals surface area contributed by atoms with Gasteiger partial charge in [-0.25, -0.2) is 13.2 Å². The van der Waals surface area contributed by atoms with Gasteiger partial charge in [0.05, 0.1) is 17.1 Å². The number of halogens is 1. The molecule has 118 valence electrons. The Labute approximate surface area is 130 Å². The molecule has 1 fully saturated rings. The molecule has 0 aromatic heterocycles. The predicted molar refractivity (Wildman–Crippen MR) is 81.3 cm³/mol. The minimum Gasteiger partial charge on any atom is -0.462 e. The van der Waals surface area contributed by atoms with Crippen molar-refractivity contribution in [2.24, 2.45) is 0 Å². The van der Waals surface area contributed by atoms with E-state index in [0.717, 1.165) is 0 Å². The summed E-state index contributed by atoms with van der Waals surface area (Å²) < 4.78 is 30.9. The number of esters is 1. The molecule has 1 N–H and O–H groups in total. The lowest BCUT2D eigenvalue weighted by Crippen LogP contribution is -2.57. The van der Waals surface area contributed by atoms with Crippen LogP contribution in [0.5, 0.6) is 0 Å². The maximum atomic E-state index is 12.4. The molecule has 8 heteroatoms. The highest BCUT2D eigenvalue weighted by Crippen LogP contribution is 2.19. The SMILES string of the molecule is CCOC(=O)c1ccc(S(=O)(=O)N(C)C2CNC2)cc1.Cl. The maximum Gasteiger partial charge on any atom is 0.338 e. The normalized spacial score (nSPS) is 15.2. The van der Waals surface area contributed by atoms with Gasteiger partial charge in [0.2, 0.25) is 10.0 Å². The summed E-state index contributed by atoms with van der Waals surface area (Å²) in [6, 6.07) is 5.80. The summed E-state index contributed by atoms with van der Waals surface area (Å²) >= 11 is 0. The predicted octanol–water partition coefficient (Wildman–Crippen LogP) is 0.877. The molecule has 0 aliphatic carbocycles. The summed E-state index contributed by atoms with van der Waals surface area (Å²) in [6.45, 7) is 3.34. The summed E-state index contributed by atoms with van der Waals surface area (Å²) in [7, 11) is -1.94. The van der Waals surface area contributed by atoms with E-state index in [4.69, 9.17) is 4.74 Å². The molecule has 1 aliphatic rings. The van der Waals surface area contributed by atoms with E-state index in [1.807, 2.05) is 0 Å². The van der Waals surface area contributed by atoms with Crippen LogP contribution in [0.2, 0.25) is 0 Å². The van der Waals surface area contributed by atoms with Crippen molar-refractivity contribution in [3.63, 3.8) is 0 Å². The first kappa shape index (κ1) is 17.9. The van der Waals surface area contributed by atoms with Gasteiger partial charge in [-0.2, -0.15) is 4.31 Å². The van der Waals surface area contributed by atoms with Crippen LogP contribution in [0.25, 0.3) is 0 Å². The highest BCUT2D eigenvalue weighted by molar-refractivity contribution is 7.89. The first-order chi connectivity index (χ1) is 9.46. The quantitative estimate of drug-likeness (QED) is 0.809. The molecule has 1 heterocycles. The average molecular weight is 335 g/mol. The van der Waals surface area contributed by atoms with Gasteiger partial charge >= 0.3 is 5.97 Å². The van der Waals surface area contributed by atoms with E-state index in [1.165, 1.54) is 28.6 Å². The fraction of sp³-hybridized carbons (Fsp3) is 0.462. The molecule has 0 saturated carbocycles. The molecule has 0 radical (unpaired) electrons. The van der Waals surface area contributed by atoms with Crippen LogP contribution in [-0.4, -0.2) is 51.5 Å². The van der Waals surface area contributed by atoms with Crippen LogP contribution >= 0.6 is 12.4 Å². The highest BCUT2D eigenvalue weighted by Gasteiger charge is 2.31. The highest BCUT2D eigenvalue weighted by atomic mass is 35.5. The van der Waals surface area contributed by atoms with E-state index in [2.05, 4.69) is 5.32 Å². The Morgan fingerprint density at radius 2 is 1.90 bits per heavy atom. The number of nitrogens with one attached hydrogen (secondary N) is 1. The molecule has 0 amide bonds. The standard InChI is InChI=1S/C13H18N2O4S.ClH/c1-3-19-13(16)10-4-6-12(7-5-10)20(17,18)15(2)11-8-14-9-11;/h4-7,11,14H,3,8-9H2,1-2H3;1H. The number of carbonyl (C=O) groups is 1. The number of hydrogen-bond acceptors (Lipinski definition) is 5. The number of carbonyl (C=O) groups excluding carboxylic acids is 1. The third-order valence-electron chi connectivity index (χ3n) is 3.32. The van der Waals surface area contributed by atoms with E-state index in [1.54, 1.807) is 14.0 Å². The van der Waals surface area contributed by atoms with Gasteiger partial charge in [0.15, 0.2) is 0 Å². The van der Waals surface area contributed by atoms with E-state index in [9.17, 15) is 13.2 Å². The number of ether oxygens (including phenoxy) is 1. The van der Waals surface area contributed by atoms with Crippen LogP contribution in [0.4, 0.5) is 0 Å². The maximum absolute atomic E-state index is 12.4. The topological polar surface area (TPSA) is 75.7 Å². The molecule has 1 aliphatic heterocycles. The number of sulfonamides is 1. The zero-order valence-electron chi connectivity index (χ0n) is 11.9. The minimum atomic E-state index is -3.51. The molecule has 0 unspecified atom stereocenters. The second kappa shape index (κ2) is 7.22. The fourth-order valence-electron chi connectivity index (χ4n) is 1.87. The van der Waals surface area contributed by atoms with Crippen LogP contribution in [0.1, 0.15) is 17.3 Å². The van der Waals surface area contributed by atoms with E-state index < -0.39 is 16.0 Å². The second-order valence-electron chi connectivity index (χ2n) is 4.58. The largest absolute Gasteiger partial charge is 0.462 e. The Hall–Kier alpha value is -1.15. The summed E-state index contributed by atoms with van der Waals surface area (Å²) in [5.41, 5.74) is 0.346. The first-order valence-electron chi connectivity index (χ1n) is 6.42. The summed E-state index contributed by atoms with van der Waals surface area (Å²) in [6.07, 6.45) is 0. The van der Waals surface area contributed by atoms with Gasteiger partial charge in [-0.3, -0.25) is 0 Å². The molecular weight excluding hydrogens is 316 g/mol. The lowest BCUT2D eigenvalue weighted by atomic mass is 10.2. The van der Waals surface area contributed by atoms with Crippen LogP contribution in [0.3, 0.4) is 0 Å². The minimum absolute atomic E-state index is 0. The molecule has 1 aromatic rings. The molecule has 1 aromatic carbocycles. The van der Waals surface area contributed by atoms with E-state index >= 15 is 0 Å². The van der Waals surface area contributed by atoms with Crippen molar-refractivity contribution in [3.05, 3.63) is 29.8 Å². The third kappa shape index (κ3) is 3.74. The van der Waals surface area contributed by atoms with Crippen molar-refractivity contribution in [3.8, 4) is 0 Å². The summed E-state index contributed by atoms with van der Waals surface area (Å²) in [5, 5.41) is 3.04. The number of hydrogen-bond donors (Lipinski definition) is 1. The van der Waals surface area contributed by atoms with Crippen LogP contribution in [-0.2, 0) is 14.8 Å². The monoisotopic (exact) mass is 334 g/mol. The Morgan fingerprint density at radius 3 is 2.33 bits per heavy atom. The van der Waals surface area contributed by atoms with Crippen molar-refractivity contribution in [2.45, 2.75) is 17.9 Å². The number of benzene rings is 1. The van der Waals surface area contributed by atoms with Gasteiger partial charge in [0.1, 0.15) is 0 Å².